The lowest BCUT2D eigenvalue weighted by Gasteiger charge is -2.11. The van der Waals surface area contributed by atoms with Gasteiger partial charge in [-0.05, 0) is 24.3 Å². The zero-order chi connectivity index (χ0) is 18.3. The molecule has 0 radical (unpaired) electrons. The van der Waals surface area contributed by atoms with E-state index in [1.807, 2.05) is 6.07 Å². The Hall–Kier alpha value is -3.12. The summed E-state index contributed by atoms with van der Waals surface area (Å²) >= 11 is 0. The summed E-state index contributed by atoms with van der Waals surface area (Å²) < 4.78 is 25.0. The highest BCUT2D eigenvalue weighted by Crippen LogP contribution is 2.16. The fourth-order valence-corrected chi connectivity index (χ4v) is 2.64. The van der Waals surface area contributed by atoms with Crippen LogP contribution in [0.25, 0.3) is 0 Å². The molecule has 1 heterocycles. The van der Waals surface area contributed by atoms with E-state index in [0.717, 1.165) is 6.26 Å². The fourth-order valence-electron chi connectivity index (χ4n) is 2.06. The van der Waals surface area contributed by atoms with Crippen LogP contribution in [0, 0.1) is 11.3 Å². The molecule has 0 bridgehead atoms. The normalized spacial score (nSPS) is 10.6. The van der Waals surface area contributed by atoms with Crippen molar-refractivity contribution in [3.8, 4) is 6.07 Å². The smallest absolute Gasteiger partial charge is 0.253 e. The molecule has 0 saturated heterocycles. The Morgan fingerprint density at radius 3 is 2.68 bits per heavy atom. The van der Waals surface area contributed by atoms with Crippen LogP contribution in [-0.2, 0) is 10.0 Å². The van der Waals surface area contributed by atoms with E-state index in [-0.39, 0.29) is 17.8 Å². The van der Waals surface area contributed by atoms with Gasteiger partial charge in [0.25, 0.3) is 5.91 Å². The summed E-state index contributed by atoms with van der Waals surface area (Å²) in [6, 6.07) is 11.7. The highest BCUT2D eigenvalue weighted by Gasteiger charge is 2.13. The van der Waals surface area contributed by atoms with Crippen molar-refractivity contribution < 1.29 is 13.2 Å². The maximum atomic E-state index is 12.2. The predicted octanol–water partition coefficient (Wildman–Crippen LogP) is 1.17. The second-order valence-electron chi connectivity index (χ2n) is 5.11. The number of amides is 1. The molecule has 8 nitrogen and oxygen atoms in total. The Kier molecular flexibility index (Phi) is 5.92. The molecule has 1 aromatic carbocycles. The number of nitrogens with zero attached hydrogens (tertiary/aromatic N) is 2. The molecule has 9 heteroatoms. The maximum Gasteiger partial charge on any atom is 0.253 e. The largest absolute Gasteiger partial charge is 0.367 e. The first-order valence-electron chi connectivity index (χ1n) is 7.35. The van der Waals surface area contributed by atoms with E-state index in [0.29, 0.717) is 17.9 Å². The predicted molar refractivity (Wildman–Crippen MR) is 94.7 cm³/mol. The van der Waals surface area contributed by atoms with Gasteiger partial charge in [-0.15, -0.1) is 0 Å². The van der Waals surface area contributed by atoms with Crippen molar-refractivity contribution in [3.05, 3.63) is 53.7 Å². The third-order valence-corrected chi connectivity index (χ3v) is 3.69. The van der Waals surface area contributed by atoms with Gasteiger partial charge in [0, 0.05) is 19.3 Å². The minimum absolute atomic E-state index is 0.215. The highest BCUT2D eigenvalue weighted by molar-refractivity contribution is 7.92. The van der Waals surface area contributed by atoms with Gasteiger partial charge in [0.1, 0.15) is 11.9 Å². The number of aromatic nitrogens is 1. The summed E-state index contributed by atoms with van der Waals surface area (Å²) in [7, 11) is -3.48. The van der Waals surface area contributed by atoms with E-state index in [1.165, 1.54) is 12.1 Å². The molecule has 1 aromatic heterocycles. The summed E-state index contributed by atoms with van der Waals surface area (Å²) in [5.41, 5.74) is 0.854. The zero-order valence-electron chi connectivity index (χ0n) is 13.5. The Morgan fingerprint density at radius 2 is 1.96 bits per heavy atom. The van der Waals surface area contributed by atoms with E-state index in [1.54, 1.807) is 30.5 Å². The average molecular weight is 359 g/mol. The Labute approximate surface area is 145 Å². The van der Waals surface area contributed by atoms with Crippen molar-refractivity contribution in [2.75, 3.05) is 29.4 Å². The van der Waals surface area contributed by atoms with Gasteiger partial charge < -0.3 is 10.6 Å². The topological polar surface area (TPSA) is 124 Å². The lowest BCUT2D eigenvalue weighted by atomic mass is 10.1. The summed E-state index contributed by atoms with van der Waals surface area (Å²) in [6.45, 7) is 0.632. The van der Waals surface area contributed by atoms with Crippen LogP contribution in [0.2, 0.25) is 0 Å². The Balaban J connectivity index is 1.94. The van der Waals surface area contributed by atoms with Crippen molar-refractivity contribution in [1.29, 1.82) is 5.26 Å². The van der Waals surface area contributed by atoms with Crippen LogP contribution in [-0.4, -0.2) is 38.7 Å². The van der Waals surface area contributed by atoms with E-state index < -0.39 is 15.9 Å². The first-order chi connectivity index (χ1) is 11.9. The number of anilines is 2. The van der Waals surface area contributed by atoms with Crippen molar-refractivity contribution in [2.24, 2.45) is 0 Å². The number of sulfonamides is 1. The highest BCUT2D eigenvalue weighted by atomic mass is 32.2. The number of para-hydroxylation sites is 1. The quantitative estimate of drug-likeness (QED) is 0.638. The Morgan fingerprint density at radius 1 is 1.20 bits per heavy atom. The molecule has 2 aromatic rings. The number of carbonyl (C=O) groups is 1. The molecule has 0 aliphatic heterocycles. The van der Waals surface area contributed by atoms with Crippen LogP contribution in [0.3, 0.4) is 0 Å². The summed E-state index contributed by atoms with van der Waals surface area (Å²) in [4.78, 5) is 16.3. The van der Waals surface area contributed by atoms with Gasteiger partial charge in [-0.3, -0.25) is 9.52 Å². The number of benzene rings is 1. The van der Waals surface area contributed by atoms with E-state index in [2.05, 4.69) is 20.3 Å². The van der Waals surface area contributed by atoms with Crippen LogP contribution in [0.15, 0.2) is 42.6 Å². The van der Waals surface area contributed by atoms with E-state index in [9.17, 15) is 13.2 Å². The third-order valence-electron chi connectivity index (χ3n) is 3.10. The number of carbonyl (C=O) groups excluding carboxylic acids is 1. The van der Waals surface area contributed by atoms with Crippen LogP contribution >= 0.6 is 0 Å². The lowest BCUT2D eigenvalue weighted by Crippen LogP contribution is -2.30. The molecule has 0 fully saturated rings. The second kappa shape index (κ2) is 8.12. The lowest BCUT2D eigenvalue weighted by molar-refractivity contribution is 0.0956. The van der Waals surface area contributed by atoms with Crippen molar-refractivity contribution in [1.82, 2.24) is 10.3 Å². The van der Waals surface area contributed by atoms with Crippen molar-refractivity contribution in [2.45, 2.75) is 0 Å². The van der Waals surface area contributed by atoms with Crippen LogP contribution in [0.4, 0.5) is 11.5 Å². The monoisotopic (exact) mass is 359 g/mol. The molecule has 0 saturated carbocycles. The van der Waals surface area contributed by atoms with E-state index in [4.69, 9.17) is 5.26 Å². The molecule has 130 valence electrons. The van der Waals surface area contributed by atoms with Gasteiger partial charge in [0.15, 0.2) is 0 Å². The first kappa shape index (κ1) is 18.2. The number of rotatable bonds is 7. The fraction of sp³-hybridized carbons (Fsp3) is 0.188. The maximum absolute atomic E-state index is 12.2. The molecule has 2 rings (SSSR count). The molecule has 3 N–H and O–H groups in total. The zero-order valence-corrected chi connectivity index (χ0v) is 14.3. The van der Waals surface area contributed by atoms with Gasteiger partial charge in [-0.2, -0.15) is 5.26 Å². The minimum Gasteiger partial charge on any atom is -0.367 e. The van der Waals surface area contributed by atoms with Gasteiger partial charge in [-0.1, -0.05) is 12.1 Å². The molecule has 0 unspecified atom stereocenters. The number of nitrogens with one attached hydrogen (secondary N) is 3. The number of hydrogen-bond acceptors (Lipinski definition) is 6. The van der Waals surface area contributed by atoms with Crippen molar-refractivity contribution in [3.63, 3.8) is 0 Å². The van der Waals surface area contributed by atoms with Gasteiger partial charge in [0.2, 0.25) is 10.0 Å². The Bertz CT molecular complexity index is 906. The van der Waals surface area contributed by atoms with Gasteiger partial charge in [0.05, 0.1) is 23.1 Å². The summed E-state index contributed by atoms with van der Waals surface area (Å²) in [6.07, 6.45) is 2.58. The minimum atomic E-state index is -3.48. The van der Waals surface area contributed by atoms with Crippen LogP contribution in [0.1, 0.15) is 15.9 Å². The molecule has 1 amide bonds. The summed E-state index contributed by atoms with van der Waals surface area (Å²) in [5.74, 6) is 0.0356. The molecular weight excluding hydrogens is 342 g/mol. The van der Waals surface area contributed by atoms with Crippen LogP contribution < -0.4 is 15.4 Å². The molecular formula is C16H17N5O3S. The molecule has 0 atom stereocenters. The number of pyridine rings is 1. The third kappa shape index (κ3) is 5.47. The number of hydrogen-bond donors (Lipinski definition) is 3. The molecule has 0 aliphatic carbocycles. The molecule has 0 aliphatic rings. The van der Waals surface area contributed by atoms with E-state index >= 15 is 0 Å². The number of nitriles is 1. The van der Waals surface area contributed by atoms with Gasteiger partial charge >= 0.3 is 0 Å². The molecule has 0 spiro atoms. The first-order valence-corrected chi connectivity index (χ1v) is 9.24. The summed E-state index contributed by atoms with van der Waals surface area (Å²) in [5, 5.41) is 14.6. The van der Waals surface area contributed by atoms with Crippen molar-refractivity contribution >= 4 is 27.4 Å². The standard InChI is InChI=1S/C16H17N5O3S/c1-25(23,24)21-14-7-3-2-6-13(14)16(22)20-10-9-19-15-12(11-17)5-4-8-18-15/h2-8,21H,9-10H2,1H3,(H,18,19)(H,20,22). The second-order valence-corrected chi connectivity index (χ2v) is 6.86. The molecule has 25 heavy (non-hydrogen) atoms. The van der Waals surface area contributed by atoms with Crippen LogP contribution in [0.5, 0.6) is 0 Å². The SMILES string of the molecule is CS(=O)(=O)Nc1ccccc1C(=O)NCCNc1ncccc1C#N. The average Bonchev–Trinajstić information content (AvgIpc) is 2.58. The van der Waals surface area contributed by atoms with Gasteiger partial charge in [-0.25, -0.2) is 13.4 Å².